The lowest BCUT2D eigenvalue weighted by Crippen LogP contribution is -2.51. The number of ether oxygens (including phenoxy) is 1. The van der Waals surface area contributed by atoms with E-state index in [-0.39, 0.29) is 12.2 Å². The third-order valence-electron chi connectivity index (χ3n) is 5.27. The van der Waals surface area contributed by atoms with Gasteiger partial charge in [0.1, 0.15) is 5.82 Å². The van der Waals surface area contributed by atoms with Crippen LogP contribution in [0.4, 0.5) is 5.82 Å². The number of nitrogens with zero attached hydrogens (tertiary/aromatic N) is 3. The highest BCUT2D eigenvalue weighted by Crippen LogP contribution is 2.36. The maximum atomic E-state index is 12.9. The molecule has 7 nitrogen and oxygen atoms in total. The van der Waals surface area contributed by atoms with Gasteiger partial charge in [0, 0.05) is 30.2 Å². The number of aromatic nitrogens is 2. The molecule has 0 spiro atoms. The van der Waals surface area contributed by atoms with Gasteiger partial charge in [-0.2, -0.15) is 16.9 Å². The number of hydrogen-bond donors (Lipinski definition) is 1. The molecule has 2 amide bonds. The van der Waals surface area contributed by atoms with Gasteiger partial charge in [0.25, 0.3) is 0 Å². The summed E-state index contributed by atoms with van der Waals surface area (Å²) in [6.45, 7) is 8.72. The molecule has 29 heavy (non-hydrogen) atoms. The van der Waals surface area contributed by atoms with Crippen molar-refractivity contribution in [3.63, 3.8) is 0 Å². The maximum Gasteiger partial charge on any atom is 0.315 e. The Balaban J connectivity index is 1.63. The third kappa shape index (κ3) is 3.91. The van der Waals surface area contributed by atoms with E-state index in [0.717, 1.165) is 39.6 Å². The molecule has 1 aromatic heterocycles. The molecule has 2 atom stereocenters. The fraction of sp³-hybridized carbons (Fsp3) is 0.476. The van der Waals surface area contributed by atoms with Gasteiger partial charge in [-0.05, 0) is 39.3 Å². The van der Waals surface area contributed by atoms with E-state index in [1.165, 1.54) is 0 Å². The van der Waals surface area contributed by atoms with Crippen molar-refractivity contribution in [3.8, 4) is 5.69 Å². The van der Waals surface area contributed by atoms with Crippen LogP contribution in [0.2, 0.25) is 0 Å². The smallest absolute Gasteiger partial charge is 0.315 e. The van der Waals surface area contributed by atoms with Crippen LogP contribution in [0.25, 0.3) is 5.69 Å². The van der Waals surface area contributed by atoms with Gasteiger partial charge in [-0.1, -0.05) is 17.7 Å². The normalized spacial score (nSPS) is 21.2. The molecule has 3 heterocycles. The predicted octanol–water partition coefficient (Wildman–Crippen LogP) is 2.81. The van der Waals surface area contributed by atoms with Crippen LogP contribution in [0.3, 0.4) is 0 Å². The summed E-state index contributed by atoms with van der Waals surface area (Å²) in [5.74, 6) is 1.03. The predicted molar refractivity (Wildman–Crippen MR) is 113 cm³/mol. The standard InChI is InChI=1S/C21H26N4O3S/c1-12-5-6-18(13(2)7-12)25-19(16-10-29-11-17(16)23-25)22-20(26)21(27)24-8-14(3)28-15(4)9-24/h5-7,14-15H,8-11H2,1-4H3,(H,22,26)/t14-,15+. The van der Waals surface area contributed by atoms with E-state index in [4.69, 9.17) is 9.84 Å². The molecule has 0 radical (unpaired) electrons. The summed E-state index contributed by atoms with van der Waals surface area (Å²) in [5, 5.41) is 7.61. The largest absolute Gasteiger partial charge is 0.372 e. The molecule has 0 unspecified atom stereocenters. The lowest BCUT2D eigenvalue weighted by atomic mass is 10.1. The van der Waals surface area contributed by atoms with Crippen LogP contribution in [0, 0.1) is 13.8 Å². The highest BCUT2D eigenvalue weighted by atomic mass is 32.2. The van der Waals surface area contributed by atoms with E-state index in [2.05, 4.69) is 11.4 Å². The number of hydrogen-bond acceptors (Lipinski definition) is 5. The lowest BCUT2D eigenvalue weighted by molar-refractivity contribution is -0.151. The number of morpholine rings is 1. The fourth-order valence-corrected chi connectivity index (χ4v) is 5.04. The van der Waals surface area contributed by atoms with E-state index in [1.807, 2.05) is 39.8 Å². The monoisotopic (exact) mass is 414 g/mol. The van der Waals surface area contributed by atoms with Gasteiger partial charge in [-0.15, -0.1) is 0 Å². The molecule has 1 aromatic carbocycles. The summed E-state index contributed by atoms with van der Waals surface area (Å²) in [7, 11) is 0. The average Bonchev–Trinajstić information content (AvgIpc) is 3.23. The molecule has 1 N–H and O–H groups in total. The number of nitrogens with one attached hydrogen (secondary N) is 1. The zero-order valence-electron chi connectivity index (χ0n) is 17.2. The van der Waals surface area contributed by atoms with Gasteiger partial charge in [-0.25, -0.2) is 4.68 Å². The topological polar surface area (TPSA) is 76.5 Å². The Bertz CT molecular complexity index is 961. The minimum absolute atomic E-state index is 0.0862. The Kier molecular flexibility index (Phi) is 5.40. The molecule has 0 saturated carbocycles. The zero-order valence-corrected chi connectivity index (χ0v) is 18.0. The molecule has 154 valence electrons. The Labute approximate surface area is 174 Å². The van der Waals surface area contributed by atoms with Gasteiger partial charge in [0.15, 0.2) is 0 Å². The number of rotatable bonds is 2. The quantitative estimate of drug-likeness (QED) is 0.765. The van der Waals surface area contributed by atoms with Crippen molar-refractivity contribution in [1.29, 1.82) is 0 Å². The minimum atomic E-state index is -0.628. The summed E-state index contributed by atoms with van der Waals surface area (Å²) in [4.78, 5) is 27.2. The van der Waals surface area contributed by atoms with Crippen molar-refractivity contribution in [2.75, 3.05) is 18.4 Å². The SMILES string of the molecule is Cc1ccc(-n2nc3c(c2NC(=O)C(=O)N2C[C@@H](C)O[C@@H](C)C2)CSC3)c(C)c1. The number of thioether (sulfide) groups is 1. The van der Waals surface area contributed by atoms with Gasteiger partial charge >= 0.3 is 11.8 Å². The van der Waals surface area contributed by atoms with Crippen molar-refractivity contribution in [3.05, 3.63) is 40.6 Å². The van der Waals surface area contributed by atoms with Crippen molar-refractivity contribution in [1.82, 2.24) is 14.7 Å². The van der Waals surface area contributed by atoms with Gasteiger partial charge in [0.05, 0.1) is 23.6 Å². The first-order valence-corrected chi connectivity index (χ1v) is 11.0. The van der Waals surface area contributed by atoms with Crippen LogP contribution in [0.1, 0.15) is 36.2 Å². The summed E-state index contributed by atoms with van der Waals surface area (Å²) >= 11 is 1.76. The van der Waals surface area contributed by atoms with Crippen molar-refractivity contribution in [2.24, 2.45) is 0 Å². The third-order valence-corrected chi connectivity index (χ3v) is 6.24. The van der Waals surface area contributed by atoms with E-state index >= 15 is 0 Å². The molecule has 8 heteroatoms. The Morgan fingerprint density at radius 1 is 1.17 bits per heavy atom. The molecule has 2 aliphatic rings. The first-order chi connectivity index (χ1) is 13.8. The number of carbonyl (C=O) groups is 2. The molecule has 2 aromatic rings. The average molecular weight is 415 g/mol. The highest BCUT2D eigenvalue weighted by Gasteiger charge is 2.32. The van der Waals surface area contributed by atoms with E-state index in [9.17, 15) is 9.59 Å². The molecule has 4 rings (SSSR count). The Morgan fingerprint density at radius 2 is 1.90 bits per heavy atom. The highest BCUT2D eigenvalue weighted by molar-refractivity contribution is 7.98. The Morgan fingerprint density at radius 3 is 2.59 bits per heavy atom. The second-order valence-electron chi connectivity index (χ2n) is 7.89. The number of aryl methyl sites for hydroxylation is 2. The van der Waals surface area contributed by atoms with Crippen LogP contribution in [-0.4, -0.2) is 51.8 Å². The van der Waals surface area contributed by atoms with Crippen LogP contribution < -0.4 is 5.32 Å². The van der Waals surface area contributed by atoms with Crippen LogP contribution >= 0.6 is 11.8 Å². The molecule has 1 fully saturated rings. The minimum Gasteiger partial charge on any atom is -0.372 e. The number of fused-ring (bicyclic) bond motifs is 1. The van der Waals surface area contributed by atoms with Gasteiger partial charge in [-0.3, -0.25) is 9.59 Å². The van der Waals surface area contributed by atoms with Crippen molar-refractivity contribution < 1.29 is 14.3 Å². The van der Waals surface area contributed by atoms with Gasteiger partial charge < -0.3 is 15.0 Å². The second-order valence-corrected chi connectivity index (χ2v) is 8.88. The lowest BCUT2D eigenvalue weighted by Gasteiger charge is -2.34. The number of anilines is 1. The molecule has 2 aliphatic heterocycles. The first kappa shape index (κ1) is 20.0. The fourth-order valence-electron chi connectivity index (χ4n) is 4.01. The van der Waals surface area contributed by atoms with Crippen LogP contribution in [0.15, 0.2) is 18.2 Å². The summed E-state index contributed by atoms with van der Waals surface area (Å²) < 4.78 is 7.44. The van der Waals surface area contributed by atoms with Crippen LogP contribution in [-0.2, 0) is 25.8 Å². The second kappa shape index (κ2) is 7.84. The summed E-state index contributed by atoms with van der Waals surface area (Å²) in [5.41, 5.74) is 5.10. The molecular formula is C21H26N4O3S. The van der Waals surface area contributed by atoms with Crippen LogP contribution in [0.5, 0.6) is 0 Å². The molecule has 1 saturated heterocycles. The van der Waals surface area contributed by atoms with E-state index in [0.29, 0.717) is 18.9 Å². The molecule has 0 aliphatic carbocycles. The number of amides is 2. The van der Waals surface area contributed by atoms with Gasteiger partial charge in [0.2, 0.25) is 0 Å². The summed E-state index contributed by atoms with van der Waals surface area (Å²) in [6, 6.07) is 6.12. The van der Waals surface area contributed by atoms with Crippen molar-refractivity contribution in [2.45, 2.75) is 51.4 Å². The molecule has 0 bridgehead atoms. The zero-order chi connectivity index (χ0) is 20.7. The first-order valence-electron chi connectivity index (χ1n) is 9.85. The number of benzene rings is 1. The van der Waals surface area contributed by atoms with E-state index in [1.54, 1.807) is 21.3 Å². The summed E-state index contributed by atoms with van der Waals surface area (Å²) in [6.07, 6.45) is -0.172. The Hall–Kier alpha value is -2.32. The molecular weight excluding hydrogens is 388 g/mol. The maximum absolute atomic E-state index is 12.9. The number of carbonyl (C=O) groups excluding carboxylic acids is 2. The van der Waals surface area contributed by atoms with Crippen molar-refractivity contribution >= 4 is 29.4 Å². The van der Waals surface area contributed by atoms with E-state index < -0.39 is 11.8 Å².